The van der Waals surface area contributed by atoms with E-state index in [9.17, 15) is 9.90 Å². The van der Waals surface area contributed by atoms with Gasteiger partial charge in [0.1, 0.15) is 0 Å². The summed E-state index contributed by atoms with van der Waals surface area (Å²) in [6, 6.07) is 3.31. The van der Waals surface area contributed by atoms with Gasteiger partial charge in [-0.2, -0.15) is 0 Å². The molecule has 1 rings (SSSR count). The van der Waals surface area contributed by atoms with Gasteiger partial charge in [-0.15, -0.1) is 0 Å². The Labute approximate surface area is 102 Å². The van der Waals surface area contributed by atoms with Gasteiger partial charge in [0.2, 0.25) is 0 Å². The Morgan fingerprint density at radius 2 is 2.19 bits per heavy atom. The number of carboxylic acid groups (broad SMARTS) is 1. The van der Waals surface area contributed by atoms with E-state index in [0.717, 1.165) is 0 Å². The highest BCUT2D eigenvalue weighted by molar-refractivity contribution is 9.10. The van der Waals surface area contributed by atoms with Crippen LogP contribution in [0.2, 0.25) is 0 Å². The molecule has 16 heavy (non-hydrogen) atoms. The van der Waals surface area contributed by atoms with Crippen molar-refractivity contribution in [3.05, 3.63) is 22.2 Å². The summed E-state index contributed by atoms with van der Waals surface area (Å²) < 4.78 is 11.2. The average Bonchev–Trinajstić information content (AvgIpc) is 2.20. The summed E-state index contributed by atoms with van der Waals surface area (Å²) in [5.74, 6) is -0.0438. The summed E-state index contributed by atoms with van der Waals surface area (Å²) in [6.07, 6.45) is -0.151. The van der Waals surface area contributed by atoms with E-state index in [1.807, 2.05) is 6.92 Å². The summed E-state index contributed by atoms with van der Waals surface area (Å²) >= 11 is 3.31. The molecule has 0 aromatic heterocycles. The zero-order chi connectivity index (χ0) is 12.1. The second kappa shape index (κ2) is 5.75. The number of ether oxygens (including phenoxy) is 2. The summed E-state index contributed by atoms with van der Waals surface area (Å²) in [4.78, 5) is 10.5. The van der Waals surface area contributed by atoms with E-state index in [4.69, 9.17) is 9.47 Å². The number of rotatable bonds is 5. The molecule has 0 amide bonds. The first-order valence-corrected chi connectivity index (χ1v) is 5.56. The van der Waals surface area contributed by atoms with Gasteiger partial charge in [0.05, 0.1) is 18.2 Å². The van der Waals surface area contributed by atoms with Crippen molar-refractivity contribution in [2.75, 3.05) is 13.7 Å². The molecule has 0 aliphatic carbocycles. The van der Waals surface area contributed by atoms with Crippen LogP contribution in [0.5, 0.6) is 11.5 Å². The second-order valence-electron chi connectivity index (χ2n) is 3.09. The highest BCUT2D eigenvalue weighted by Gasteiger charge is 2.11. The summed E-state index contributed by atoms with van der Waals surface area (Å²) in [5, 5.41) is 10.5. The third-order valence-corrected chi connectivity index (χ3v) is 2.52. The fraction of sp³-hybridized carbons (Fsp3) is 0.364. The molecule has 1 aromatic carbocycles. The lowest BCUT2D eigenvalue weighted by Gasteiger charge is -2.13. The van der Waals surface area contributed by atoms with Gasteiger partial charge in [0, 0.05) is 12.4 Å². The molecule has 4 nitrogen and oxygen atoms in total. The van der Waals surface area contributed by atoms with Gasteiger partial charge in [-0.25, -0.2) is 0 Å². The first-order chi connectivity index (χ1) is 7.58. The monoisotopic (exact) mass is 287 g/mol. The van der Waals surface area contributed by atoms with Crippen LogP contribution in [-0.4, -0.2) is 19.7 Å². The lowest BCUT2D eigenvalue weighted by atomic mass is 10.1. The topological polar surface area (TPSA) is 58.6 Å². The molecule has 0 heterocycles. The first-order valence-electron chi connectivity index (χ1n) is 4.77. The number of carbonyl (C=O) groups excluding carboxylic acids is 1. The minimum absolute atomic E-state index is 0.151. The minimum Gasteiger partial charge on any atom is -0.550 e. The van der Waals surface area contributed by atoms with Crippen LogP contribution in [0.4, 0.5) is 0 Å². The standard InChI is InChI=1S/C11H13BrO4/c1-3-16-11-8(12)4-7(6-10(13)14)5-9(11)15-2/h4-5H,3,6H2,1-2H3,(H,13,14)/p-1. The molecular formula is C11H12BrO4-. The SMILES string of the molecule is CCOc1c(Br)cc(CC(=O)[O-])cc1OC. The Bertz CT molecular complexity index is 390. The average molecular weight is 288 g/mol. The van der Waals surface area contributed by atoms with E-state index in [0.29, 0.717) is 28.1 Å². The molecule has 1 aromatic rings. The van der Waals surface area contributed by atoms with Gasteiger partial charge in [-0.1, -0.05) is 0 Å². The number of hydrogen-bond donors (Lipinski definition) is 0. The van der Waals surface area contributed by atoms with Crippen molar-refractivity contribution in [1.82, 2.24) is 0 Å². The molecule has 0 bridgehead atoms. The van der Waals surface area contributed by atoms with Crippen LogP contribution in [0.3, 0.4) is 0 Å². The lowest BCUT2D eigenvalue weighted by molar-refractivity contribution is -0.304. The Morgan fingerprint density at radius 1 is 1.50 bits per heavy atom. The molecule has 0 saturated carbocycles. The molecular weight excluding hydrogens is 276 g/mol. The van der Waals surface area contributed by atoms with Crippen molar-refractivity contribution in [1.29, 1.82) is 0 Å². The van der Waals surface area contributed by atoms with Crippen LogP contribution in [0.15, 0.2) is 16.6 Å². The van der Waals surface area contributed by atoms with Crippen LogP contribution < -0.4 is 14.6 Å². The van der Waals surface area contributed by atoms with Gasteiger partial charge in [-0.05, 0) is 40.5 Å². The number of aliphatic carboxylic acids is 1. The van der Waals surface area contributed by atoms with E-state index in [1.165, 1.54) is 7.11 Å². The van der Waals surface area contributed by atoms with Crippen molar-refractivity contribution in [2.45, 2.75) is 13.3 Å². The van der Waals surface area contributed by atoms with E-state index in [-0.39, 0.29) is 6.42 Å². The van der Waals surface area contributed by atoms with Crippen molar-refractivity contribution >= 4 is 21.9 Å². The fourth-order valence-corrected chi connectivity index (χ4v) is 1.93. The summed E-state index contributed by atoms with van der Waals surface area (Å²) in [5.41, 5.74) is 0.604. The molecule has 0 aliphatic heterocycles. The first kappa shape index (κ1) is 12.8. The molecule has 5 heteroatoms. The number of hydrogen-bond acceptors (Lipinski definition) is 4. The largest absolute Gasteiger partial charge is 0.550 e. The highest BCUT2D eigenvalue weighted by Crippen LogP contribution is 2.36. The number of benzene rings is 1. The normalized spacial score (nSPS) is 9.94. The Balaban J connectivity index is 3.10. The van der Waals surface area contributed by atoms with Crippen LogP contribution >= 0.6 is 15.9 Å². The fourth-order valence-electron chi connectivity index (χ4n) is 1.33. The predicted octanol–water partition coefficient (Wildman–Crippen LogP) is 1.15. The third kappa shape index (κ3) is 3.13. The van der Waals surface area contributed by atoms with Crippen LogP contribution in [0.1, 0.15) is 12.5 Å². The molecule has 0 unspecified atom stereocenters. The van der Waals surface area contributed by atoms with E-state index >= 15 is 0 Å². The lowest BCUT2D eigenvalue weighted by Crippen LogP contribution is -2.24. The van der Waals surface area contributed by atoms with E-state index < -0.39 is 5.97 Å². The minimum atomic E-state index is -1.13. The molecule has 88 valence electrons. The molecule has 0 atom stereocenters. The van der Waals surface area contributed by atoms with Crippen LogP contribution in [0, 0.1) is 0 Å². The van der Waals surface area contributed by atoms with Crippen molar-refractivity contribution in [2.24, 2.45) is 0 Å². The number of halogens is 1. The number of methoxy groups -OCH3 is 1. The van der Waals surface area contributed by atoms with E-state index in [1.54, 1.807) is 12.1 Å². The molecule has 0 spiro atoms. The second-order valence-corrected chi connectivity index (χ2v) is 3.95. The quantitative estimate of drug-likeness (QED) is 0.815. The maximum absolute atomic E-state index is 10.5. The smallest absolute Gasteiger partial charge is 0.175 e. The molecule has 0 radical (unpaired) electrons. The zero-order valence-electron chi connectivity index (χ0n) is 9.08. The van der Waals surface area contributed by atoms with Gasteiger partial charge < -0.3 is 19.4 Å². The molecule has 0 aliphatic rings. The Kier molecular flexibility index (Phi) is 4.61. The Hall–Kier alpha value is -1.23. The van der Waals surface area contributed by atoms with Crippen molar-refractivity contribution < 1.29 is 19.4 Å². The van der Waals surface area contributed by atoms with Crippen LogP contribution in [-0.2, 0) is 11.2 Å². The Morgan fingerprint density at radius 3 is 2.69 bits per heavy atom. The molecule has 0 N–H and O–H groups in total. The molecule has 0 saturated heterocycles. The zero-order valence-corrected chi connectivity index (χ0v) is 10.7. The third-order valence-electron chi connectivity index (χ3n) is 1.93. The van der Waals surface area contributed by atoms with Gasteiger partial charge in [0.15, 0.2) is 11.5 Å². The highest BCUT2D eigenvalue weighted by atomic mass is 79.9. The van der Waals surface area contributed by atoms with Gasteiger partial charge >= 0.3 is 0 Å². The van der Waals surface area contributed by atoms with Gasteiger partial charge in [0.25, 0.3) is 0 Å². The number of carbonyl (C=O) groups is 1. The number of carboxylic acids is 1. The maximum atomic E-state index is 10.5. The molecule has 0 fully saturated rings. The maximum Gasteiger partial charge on any atom is 0.175 e. The van der Waals surface area contributed by atoms with Crippen LogP contribution in [0.25, 0.3) is 0 Å². The summed E-state index contributed by atoms with van der Waals surface area (Å²) in [6.45, 7) is 2.37. The summed E-state index contributed by atoms with van der Waals surface area (Å²) in [7, 11) is 1.51. The van der Waals surface area contributed by atoms with Crippen molar-refractivity contribution in [3.8, 4) is 11.5 Å². The van der Waals surface area contributed by atoms with Crippen molar-refractivity contribution in [3.63, 3.8) is 0 Å². The van der Waals surface area contributed by atoms with Gasteiger partial charge in [-0.3, -0.25) is 0 Å². The van der Waals surface area contributed by atoms with E-state index in [2.05, 4.69) is 15.9 Å². The predicted molar refractivity (Wildman–Crippen MR) is 60.6 cm³/mol.